The molecule has 76 valence electrons. The van der Waals surface area contributed by atoms with E-state index in [4.69, 9.17) is 0 Å². The van der Waals surface area contributed by atoms with Gasteiger partial charge in [-0.3, -0.25) is 9.59 Å². The van der Waals surface area contributed by atoms with Gasteiger partial charge in [-0.05, 0) is 0 Å². The molecular weight excluding hydrogens is 186 g/mol. The molecule has 0 saturated carbocycles. The van der Waals surface area contributed by atoms with Crippen molar-refractivity contribution < 1.29 is 9.53 Å². The van der Waals surface area contributed by atoms with Gasteiger partial charge in [0, 0.05) is 13.1 Å². The summed E-state index contributed by atoms with van der Waals surface area (Å²) in [7, 11) is 2.96. The summed E-state index contributed by atoms with van der Waals surface area (Å²) in [5, 5.41) is 0. The minimum Gasteiger partial charge on any atom is -0.468 e. The zero-order chi connectivity index (χ0) is 10.6. The van der Waals surface area contributed by atoms with Crippen LogP contribution in [0.4, 0.5) is 5.82 Å². The number of nitrogens with zero attached hydrogens (tertiary/aromatic N) is 2. The highest BCUT2D eigenvalue weighted by atomic mass is 16.5. The molecule has 0 spiro atoms. The van der Waals surface area contributed by atoms with Crippen LogP contribution in [0.15, 0.2) is 17.2 Å². The van der Waals surface area contributed by atoms with Gasteiger partial charge in [0.15, 0.2) is 0 Å². The van der Waals surface area contributed by atoms with E-state index >= 15 is 0 Å². The van der Waals surface area contributed by atoms with Crippen molar-refractivity contribution in [2.75, 3.05) is 25.6 Å². The van der Waals surface area contributed by atoms with Gasteiger partial charge in [-0.15, -0.1) is 0 Å². The van der Waals surface area contributed by atoms with Crippen molar-refractivity contribution in [1.29, 1.82) is 0 Å². The first-order chi connectivity index (χ1) is 6.63. The number of H-pyrrole nitrogens is 1. The number of nitrogens with one attached hydrogen (secondary N) is 1. The predicted octanol–water partition coefficient (Wildman–Crippen LogP) is -0.621. The minimum atomic E-state index is -0.380. The van der Waals surface area contributed by atoms with Crippen molar-refractivity contribution in [3.8, 4) is 0 Å². The molecule has 0 radical (unpaired) electrons. The Hall–Kier alpha value is -1.85. The highest BCUT2D eigenvalue weighted by molar-refractivity contribution is 5.74. The van der Waals surface area contributed by atoms with Crippen LogP contribution < -0.4 is 10.5 Å². The van der Waals surface area contributed by atoms with Crippen LogP contribution in [-0.4, -0.2) is 36.6 Å². The van der Waals surface area contributed by atoms with E-state index in [1.54, 1.807) is 7.05 Å². The second-order valence-corrected chi connectivity index (χ2v) is 2.70. The topological polar surface area (TPSA) is 75.3 Å². The molecule has 0 unspecified atom stereocenters. The molecule has 0 aromatic carbocycles. The van der Waals surface area contributed by atoms with Gasteiger partial charge in [-0.1, -0.05) is 0 Å². The third-order valence-electron chi connectivity index (χ3n) is 1.65. The van der Waals surface area contributed by atoms with Gasteiger partial charge in [-0.25, -0.2) is 4.98 Å². The normalized spacial score (nSPS) is 9.57. The fourth-order valence-corrected chi connectivity index (χ4v) is 0.906. The number of hydrogen-bond donors (Lipinski definition) is 1. The van der Waals surface area contributed by atoms with Gasteiger partial charge in [-0.2, -0.15) is 0 Å². The maximum atomic E-state index is 10.9. The molecule has 0 amide bonds. The summed E-state index contributed by atoms with van der Waals surface area (Å²) in [6, 6.07) is 1.31. The summed E-state index contributed by atoms with van der Waals surface area (Å²) >= 11 is 0. The number of aromatic nitrogens is 2. The number of carbonyl (C=O) groups excluding carboxylic acids is 1. The van der Waals surface area contributed by atoms with Gasteiger partial charge in [0.05, 0.1) is 13.4 Å². The third kappa shape index (κ3) is 2.58. The number of esters is 1. The fourth-order valence-electron chi connectivity index (χ4n) is 0.906. The van der Waals surface area contributed by atoms with E-state index in [-0.39, 0.29) is 18.1 Å². The van der Waals surface area contributed by atoms with E-state index in [2.05, 4.69) is 14.7 Å². The van der Waals surface area contributed by atoms with Gasteiger partial charge in [0.2, 0.25) is 0 Å². The van der Waals surface area contributed by atoms with Crippen LogP contribution >= 0.6 is 0 Å². The number of methoxy groups -OCH3 is 1. The lowest BCUT2D eigenvalue weighted by Gasteiger charge is -2.15. The van der Waals surface area contributed by atoms with Crippen LogP contribution in [-0.2, 0) is 9.53 Å². The number of ether oxygens (including phenoxy) is 1. The first-order valence-electron chi connectivity index (χ1n) is 3.96. The van der Waals surface area contributed by atoms with Crippen molar-refractivity contribution in [3.05, 3.63) is 22.7 Å². The van der Waals surface area contributed by atoms with Gasteiger partial charge >= 0.3 is 5.97 Å². The van der Waals surface area contributed by atoms with Crippen LogP contribution in [0, 0.1) is 0 Å². The van der Waals surface area contributed by atoms with E-state index < -0.39 is 0 Å². The largest absolute Gasteiger partial charge is 0.468 e. The van der Waals surface area contributed by atoms with Crippen LogP contribution in [0.2, 0.25) is 0 Å². The third-order valence-corrected chi connectivity index (χ3v) is 1.65. The zero-order valence-electron chi connectivity index (χ0n) is 7.98. The molecule has 1 rings (SSSR count). The van der Waals surface area contributed by atoms with Gasteiger partial charge in [0.1, 0.15) is 12.4 Å². The van der Waals surface area contributed by atoms with Crippen LogP contribution in [0.25, 0.3) is 0 Å². The number of likely N-dealkylation sites (N-methyl/N-ethyl adjacent to an activating group) is 1. The smallest absolute Gasteiger partial charge is 0.325 e. The number of carbonyl (C=O) groups is 1. The van der Waals surface area contributed by atoms with Crippen molar-refractivity contribution >= 4 is 11.8 Å². The Kier molecular flexibility index (Phi) is 3.22. The van der Waals surface area contributed by atoms with E-state index in [1.165, 1.54) is 24.4 Å². The Morgan fingerprint density at radius 2 is 2.43 bits per heavy atom. The van der Waals surface area contributed by atoms with E-state index in [1.807, 2.05) is 0 Å². The number of rotatable bonds is 3. The van der Waals surface area contributed by atoms with Crippen LogP contribution in [0.1, 0.15) is 0 Å². The molecule has 1 aromatic heterocycles. The van der Waals surface area contributed by atoms with Crippen LogP contribution in [0.5, 0.6) is 0 Å². The quantitative estimate of drug-likeness (QED) is 0.653. The first-order valence-corrected chi connectivity index (χ1v) is 3.96. The van der Waals surface area contributed by atoms with Gasteiger partial charge in [0.25, 0.3) is 5.56 Å². The summed E-state index contributed by atoms with van der Waals surface area (Å²) in [5.74, 6) is 0.0498. The molecule has 14 heavy (non-hydrogen) atoms. The molecule has 0 atom stereocenters. The second kappa shape index (κ2) is 4.40. The minimum absolute atomic E-state index is 0.0625. The molecule has 0 saturated heterocycles. The first kappa shape index (κ1) is 10.2. The molecule has 0 bridgehead atoms. The molecule has 1 heterocycles. The van der Waals surface area contributed by atoms with E-state index in [9.17, 15) is 9.59 Å². The molecule has 0 aliphatic rings. The summed E-state index contributed by atoms with van der Waals surface area (Å²) in [6.45, 7) is 0.0625. The standard InChI is InChI=1S/C8H11N3O3/c1-11(4-8(13)14-2)6-3-7(12)10-5-9-6/h3,5H,4H2,1-2H3,(H,9,10,12). The molecule has 0 fully saturated rings. The maximum absolute atomic E-state index is 10.9. The Morgan fingerprint density at radius 1 is 1.71 bits per heavy atom. The lowest BCUT2D eigenvalue weighted by molar-refractivity contribution is -0.138. The van der Waals surface area contributed by atoms with Gasteiger partial charge < -0.3 is 14.6 Å². The van der Waals surface area contributed by atoms with Crippen molar-refractivity contribution in [1.82, 2.24) is 9.97 Å². The summed E-state index contributed by atoms with van der Waals surface area (Å²) < 4.78 is 4.48. The SMILES string of the molecule is COC(=O)CN(C)c1cc(=O)[nH]cn1. The summed E-state index contributed by atoms with van der Waals surface area (Å²) in [4.78, 5) is 29.6. The van der Waals surface area contributed by atoms with Crippen molar-refractivity contribution in [2.45, 2.75) is 0 Å². The highest BCUT2D eigenvalue weighted by Crippen LogP contribution is 2.02. The molecule has 0 aliphatic carbocycles. The van der Waals surface area contributed by atoms with E-state index in [0.29, 0.717) is 5.82 Å². The summed E-state index contributed by atoms with van der Waals surface area (Å²) in [6.07, 6.45) is 1.28. The molecule has 1 N–H and O–H groups in total. The maximum Gasteiger partial charge on any atom is 0.325 e. The zero-order valence-corrected chi connectivity index (χ0v) is 7.98. The highest BCUT2D eigenvalue weighted by Gasteiger charge is 2.08. The van der Waals surface area contributed by atoms with Crippen LogP contribution in [0.3, 0.4) is 0 Å². The molecular formula is C8H11N3O3. The molecule has 1 aromatic rings. The number of anilines is 1. The second-order valence-electron chi connectivity index (χ2n) is 2.70. The monoisotopic (exact) mass is 197 g/mol. The lowest BCUT2D eigenvalue weighted by atomic mass is 10.5. The van der Waals surface area contributed by atoms with E-state index in [0.717, 1.165) is 0 Å². The molecule has 0 aliphatic heterocycles. The van der Waals surface area contributed by atoms with Crippen molar-refractivity contribution in [3.63, 3.8) is 0 Å². The number of aromatic amines is 1. The molecule has 6 heteroatoms. The average Bonchev–Trinajstić information content (AvgIpc) is 2.17. The predicted molar refractivity (Wildman–Crippen MR) is 50.1 cm³/mol. The molecule has 6 nitrogen and oxygen atoms in total. The Bertz CT molecular complexity index is 374. The Labute approximate surface area is 80.5 Å². The summed E-state index contributed by atoms with van der Waals surface area (Å²) in [5.41, 5.74) is -0.258. The average molecular weight is 197 g/mol. The Morgan fingerprint density at radius 3 is 3.00 bits per heavy atom. The lowest BCUT2D eigenvalue weighted by Crippen LogP contribution is -2.28. The Balaban J connectivity index is 2.74. The number of hydrogen-bond acceptors (Lipinski definition) is 5. The van der Waals surface area contributed by atoms with Crippen molar-refractivity contribution in [2.24, 2.45) is 0 Å². The fraction of sp³-hybridized carbons (Fsp3) is 0.375.